The van der Waals surface area contributed by atoms with Crippen LogP contribution in [0.2, 0.25) is 0 Å². The predicted octanol–water partition coefficient (Wildman–Crippen LogP) is 4.65. The van der Waals surface area contributed by atoms with Crippen LogP contribution in [0.5, 0.6) is 11.5 Å². The molecule has 0 amide bonds. The Bertz CT molecular complexity index is 608. The Morgan fingerprint density at radius 3 is 2.35 bits per heavy atom. The summed E-state index contributed by atoms with van der Waals surface area (Å²) >= 11 is 6.67. The summed E-state index contributed by atoms with van der Waals surface area (Å²) in [6, 6.07) is 11.9. The monoisotopic (exact) mass is 290 g/mol. The van der Waals surface area contributed by atoms with Crippen LogP contribution in [0.15, 0.2) is 36.4 Å². The van der Waals surface area contributed by atoms with Crippen molar-refractivity contribution in [3.05, 3.63) is 58.7 Å². The summed E-state index contributed by atoms with van der Waals surface area (Å²) in [5.41, 5.74) is 4.50. The van der Waals surface area contributed by atoms with Crippen LogP contribution in [-0.4, -0.2) is 14.2 Å². The quantitative estimate of drug-likeness (QED) is 0.763. The molecule has 20 heavy (non-hydrogen) atoms. The molecule has 0 aliphatic heterocycles. The maximum Gasteiger partial charge on any atom is 0.127 e. The number of ether oxygens (including phenoxy) is 2. The molecule has 0 bridgehead atoms. The van der Waals surface area contributed by atoms with E-state index in [9.17, 15) is 0 Å². The van der Waals surface area contributed by atoms with Crippen LogP contribution in [0, 0.1) is 13.8 Å². The maximum atomic E-state index is 6.67. The molecule has 106 valence electrons. The second-order valence-corrected chi connectivity index (χ2v) is 5.20. The van der Waals surface area contributed by atoms with E-state index in [1.165, 1.54) is 11.1 Å². The number of benzene rings is 2. The fraction of sp³-hybridized carbons (Fsp3) is 0.294. The van der Waals surface area contributed by atoms with Crippen molar-refractivity contribution in [3.8, 4) is 11.5 Å². The summed E-state index contributed by atoms with van der Waals surface area (Å²) < 4.78 is 10.7. The van der Waals surface area contributed by atoms with E-state index >= 15 is 0 Å². The fourth-order valence-electron chi connectivity index (χ4n) is 2.24. The van der Waals surface area contributed by atoms with Gasteiger partial charge in [0.1, 0.15) is 11.5 Å². The average molecular weight is 291 g/mol. The Morgan fingerprint density at radius 2 is 1.70 bits per heavy atom. The van der Waals surface area contributed by atoms with Gasteiger partial charge in [0.2, 0.25) is 0 Å². The molecule has 1 atom stereocenters. The highest BCUT2D eigenvalue weighted by atomic mass is 35.5. The lowest BCUT2D eigenvalue weighted by molar-refractivity contribution is 0.391. The summed E-state index contributed by atoms with van der Waals surface area (Å²) in [4.78, 5) is 0. The smallest absolute Gasteiger partial charge is 0.127 e. The van der Waals surface area contributed by atoms with Crippen LogP contribution >= 0.6 is 11.6 Å². The minimum Gasteiger partial charge on any atom is -0.497 e. The van der Waals surface area contributed by atoms with Crippen LogP contribution in [0.25, 0.3) is 0 Å². The number of hydrogen-bond acceptors (Lipinski definition) is 2. The Morgan fingerprint density at radius 1 is 0.950 bits per heavy atom. The number of halogens is 1. The van der Waals surface area contributed by atoms with Crippen molar-refractivity contribution in [3.63, 3.8) is 0 Å². The summed E-state index contributed by atoms with van der Waals surface area (Å²) in [6.07, 6.45) is 0. The number of hydrogen-bond donors (Lipinski definition) is 0. The van der Waals surface area contributed by atoms with Gasteiger partial charge in [0.05, 0.1) is 19.6 Å². The van der Waals surface area contributed by atoms with Gasteiger partial charge in [-0.3, -0.25) is 0 Å². The molecular formula is C17H19ClO2. The Kier molecular flexibility index (Phi) is 4.56. The zero-order valence-electron chi connectivity index (χ0n) is 12.2. The fourth-order valence-corrected chi connectivity index (χ4v) is 2.66. The Labute approximate surface area is 125 Å². The molecule has 0 aliphatic carbocycles. The normalized spacial score (nSPS) is 12.1. The molecule has 0 saturated carbocycles. The van der Waals surface area contributed by atoms with Crippen molar-refractivity contribution < 1.29 is 9.47 Å². The summed E-state index contributed by atoms with van der Waals surface area (Å²) in [5, 5.41) is -0.240. The first-order valence-corrected chi connectivity index (χ1v) is 6.94. The first-order valence-electron chi connectivity index (χ1n) is 6.50. The van der Waals surface area contributed by atoms with Crippen molar-refractivity contribution in [2.24, 2.45) is 0 Å². The van der Waals surface area contributed by atoms with Gasteiger partial charge in [0, 0.05) is 11.6 Å². The minimum atomic E-state index is -0.240. The molecule has 0 spiro atoms. The Hall–Kier alpha value is -1.67. The third kappa shape index (κ3) is 2.75. The second kappa shape index (κ2) is 6.19. The molecular weight excluding hydrogens is 272 g/mol. The standard InChI is InChI=1S/C17H19ClO2/c1-11-6-5-7-14(12(11)2)17(18)15-9-8-13(19-3)10-16(15)20-4/h5-10,17H,1-4H3. The molecule has 2 rings (SSSR count). The lowest BCUT2D eigenvalue weighted by Crippen LogP contribution is -2.01. The van der Waals surface area contributed by atoms with E-state index in [2.05, 4.69) is 26.0 Å². The van der Waals surface area contributed by atoms with Crippen molar-refractivity contribution >= 4 is 11.6 Å². The topological polar surface area (TPSA) is 18.5 Å². The first kappa shape index (κ1) is 14.7. The SMILES string of the molecule is COc1ccc(C(Cl)c2cccc(C)c2C)c(OC)c1. The minimum absolute atomic E-state index is 0.240. The zero-order valence-corrected chi connectivity index (χ0v) is 13.0. The molecule has 0 aliphatic rings. The highest BCUT2D eigenvalue weighted by Crippen LogP contribution is 2.38. The molecule has 0 aromatic heterocycles. The molecule has 2 aromatic carbocycles. The molecule has 0 heterocycles. The molecule has 0 N–H and O–H groups in total. The van der Waals surface area contributed by atoms with Gasteiger partial charge < -0.3 is 9.47 Å². The second-order valence-electron chi connectivity index (χ2n) is 4.76. The van der Waals surface area contributed by atoms with Crippen molar-refractivity contribution in [2.45, 2.75) is 19.2 Å². The summed E-state index contributed by atoms with van der Waals surface area (Å²) in [7, 11) is 3.28. The van der Waals surface area contributed by atoms with E-state index in [0.717, 1.165) is 22.6 Å². The van der Waals surface area contributed by atoms with Crippen LogP contribution in [0.3, 0.4) is 0 Å². The highest BCUT2D eigenvalue weighted by molar-refractivity contribution is 6.23. The number of rotatable bonds is 4. The molecule has 1 unspecified atom stereocenters. The van der Waals surface area contributed by atoms with Crippen molar-refractivity contribution in [1.82, 2.24) is 0 Å². The van der Waals surface area contributed by atoms with E-state index in [1.807, 2.05) is 24.3 Å². The van der Waals surface area contributed by atoms with Gasteiger partial charge in [-0.15, -0.1) is 11.6 Å². The van der Waals surface area contributed by atoms with E-state index in [-0.39, 0.29) is 5.38 Å². The lowest BCUT2D eigenvalue weighted by atomic mass is 9.96. The third-order valence-electron chi connectivity index (χ3n) is 3.63. The van der Waals surface area contributed by atoms with Gasteiger partial charge in [0.15, 0.2) is 0 Å². The molecule has 2 aromatic rings. The largest absolute Gasteiger partial charge is 0.497 e. The third-order valence-corrected chi connectivity index (χ3v) is 4.10. The van der Waals surface area contributed by atoms with E-state index in [4.69, 9.17) is 21.1 Å². The molecule has 0 radical (unpaired) electrons. The molecule has 0 fully saturated rings. The van der Waals surface area contributed by atoms with Gasteiger partial charge >= 0.3 is 0 Å². The number of methoxy groups -OCH3 is 2. The summed E-state index contributed by atoms with van der Waals surface area (Å²) in [5.74, 6) is 1.50. The van der Waals surface area contributed by atoms with Gasteiger partial charge in [-0.05, 0) is 42.7 Å². The Balaban J connectivity index is 2.47. The molecule has 2 nitrogen and oxygen atoms in total. The van der Waals surface area contributed by atoms with E-state index < -0.39 is 0 Å². The van der Waals surface area contributed by atoms with Crippen molar-refractivity contribution in [2.75, 3.05) is 14.2 Å². The van der Waals surface area contributed by atoms with Crippen LogP contribution in [0.4, 0.5) is 0 Å². The molecule has 0 saturated heterocycles. The van der Waals surface area contributed by atoms with Crippen LogP contribution < -0.4 is 9.47 Å². The van der Waals surface area contributed by atoms with Gasteiger partial charge in [-0.25, -0.2) is 0 Å². The van der Waals surface area contributed by atoms with Gasteiger partial charge in [-0.2, -0.15) is 0 Å². The summed E-state index contributed by atoms with van der Waals surface area (Å²) in [6.45, 7) is 4.18. The number of aryl methyl sites for hydroxylation is 1. The average Bonchev–Trinajstić information content (AvgIpc) is 2.48. The van der Waals surface area contributed by atoms with Crippen LogP contribution in [-0.2, 0) is 0 Å². The highest BCUT2D eigenvalue weighted by Gasteiger charge is 2.18. The van der Waals surface area contributed by atoms with Crippen molar-refractivity contribution in [1.29, 1.82) is 0 Å². The van der Waals surface area contributed by atoms with E-state index in [0.29, 0.717) is 0 Å². The van der Waals surface area contributed by atoms with Gasteiger partial charge in [0.25, 0.3) is 0 Å². The first-order chi connectivity index (χ1) is 9.58. The predicted molar refractivity (Wildman–Crippen MR) is 83.2 cm³/mol. The molecule has 3 heteroatoms. The van der Waals surface area contributed by atoms with E-state index in [1.54, 1.807) is 14.2 Å². The lowest BCUT2D eigenvalue weighted by Gasteiger charge is -2.18. The zero-order chi connectivity index (χ0) is 14.7. The number of alkyl halides is 1. The van der Waals surface area contributed by atoms with Gasteiger partial charge in [-0.1, -0.05) is 18.2 Å². The maximum absolute atomic E-state index is 6.67. The van der Waals surface area contributed by atoms with Crippen LogP contribution in [0.1, 0.15) is 27.6 Å².